The molecule has 8 nitrogen and oxygen atoms in total. The van der Waals surface area contributed by atoms with Crippen molar-refractivity contribution in [1.29, 1.82) is 0 Å². The van der Waals surface area contributed by atoms with E-state index in [-0.39, 0.29) is 11.4 Å². The average molecular weight is 417 g/mol. The van der Waals surface area contributed by atoms with Crippen molar-refractivity contribution in [3.63, 3.8) is 0 Å². The van der Waals surface area contributed by atoms with Gasteiger partial charge in [-0.25, -0.2) is 13.2 Å². The molecular weight excluding hydrogens is 392 g/mol. The highest BCUT2D eigenvalue weighted by atomic mass is 32.2. The number of anilines is 1. The van der Waals surface area contributed by atoms with E-state index in [1.165, 1.54) is 16.4 Å². The van der Waals surface area contributed by atoms with Gasteiger partial charge in [0.05, 0.1) is 11.4 Å². The molecule has 154 valence electrons. The minimum Gasteiger partial charge on any atom is -0.334 e. The van der Waals surface area contributed by atoms with Gasteiger partial charge in [-0.2, -0.15) is 4.31 Å². The Morgan fingerprint density at radius 1 is 0.931 bits per heavy atom. The minimum absolute atomic E-state index is 0.144. The van der Waals surface area contributed by atoms with Crippen molar-refractivity contribution in [2.24, 2.45) is 0 Å². The molecule has 1 fully saturated rings. The fraction of sp³-hybridized carbons (Fsp3) is 0.300. The number of hydrogen-bond donors (Lipinski definition) is 3. The van der Waals surface area contributed by atoms with Crippen molar-refractivity contribution in [3.8, 4) is 0 Å². The van der Waals surface area contributed by atoms with Gasteiger partial charge < -0.3 is 16.0 Å². The normalized spacial score (nSPS) is 14.3. The van der Waals surface area contributed by atoms with E-state index in [2.05, 4.69) is 16.0 Å². The number of sulfonamides is 1. The lowest BCUT2D eigenvalue weighted by atomic mass is 10.2. The molecule has 3 rings (SSSR count). The van der Waals surface area contributed by atoms with Crippen LogP contribution in [0.15, 0.2) is 59.5 Å². The summed E-state index contributed by atoms with van der Waals surface area (Å²) >= 11 is 0. The highest BCUT2D eigenvalue weighted by Gasteiger charge is 2.27. The molecule has 1 saturated heterocycles. The quantitative estimate of drug-likeness (QED) is 0.641. The molecule has 0 aliphatic carbocycles. The second kappa shape index (κ2) is 9.53. The van der Waals surface area contributed by atoms with Crippen molar-refractivity contribution in [1.82, 2.24) is 14.9 Å². The number of carbonyl (C=O) groups excluding carboxylic acids is 2. The van der Waals surface area contributed by atoms with Gasteiger partial charge in [0.15, 0.2) is 0 Å². The first-order valence-electron chi connectivity index (χ1n) is 9.41. The van der Waals surface area contributed by atoms with Crippen LogP contribution in [-0.2, 0) is 21.4 Å². The Hall–Kier alpha value is -2.91. The summed E-state index contributed by atoms with van der Waals surface area (Å²) in [6, 6.07) is 15.1. The molecule has 0 radical (unpaired) electrons. The van der Waals surface area contributed by atoms with Crippen LogP contribution >= 0.6 is 0 Å². The fourth-order valence-electron chi connectivity index (χ4n) is 3.02. The van der Waals surface area contributed by atoms with Crippen molar-refractivity contribution in [2.75, 3.05) is 25.0 Å². The van der Waals surface area contributed by atoms with E-state index < -0.39 is 22.0 Å². The molecule has 1 aliphatic heterocycles. The Morgan fingerprint density at radius 3 is 2.38 bits per heavy atom. The second-order valence-corrected chi connectivity index (χ2v) is 8.65. The average Bonchev–Trinajstić information content (AvgIpc) is 3.27. The number of carbonyl (C=O) groups is 2. The summed E-state index contributed by atoms with van der Waals surface area (Å²) in [5, 5.41) is 7.75. The molecular formula is C20H24N4O4S. The van der Waals surface area contributed by atoms with Gasteiger partial charge in [-0.05, 0) is 36.6 Å². The molecule has 3 N–H and O–H groups in total. The number of rotatable bonds is 7. The van der Waals surface area contributed by atoms with Crippen LogP contribution in [-0.4, -0.2) is 44.3 Å². The van der Waals surface area contributed by atoms with E-state index >= 15 is 0 Å². The molecule has 2 aromatic carbocycles. The molecule has 0 bridgehead atoms. The summed E-state index contributed by atoms with van der Waals surface area (Å²) in [4.78, 5) is 24.1. The smallest absolute Gasteiger partial charge is 0.315 e. The Morgan fingerprint density at radius 2 is 1.66 bits per heavy atom. The number of nitrogens with zero attached hydrogens (tertiary/aromatic N) is 1. The van der Waals surface area contributed by atoms with Gasteiger partial charge in [0.1, 0.15) is 0 Å². The molecule has 29 heavy (non-hydrogen) atoms. The van der Waals surface area contributed by atoms with E-state index in [4.69, 9.17) is 0 Å². The Kier molecular flexibility index (Phi) is 6.84. The molecule has 1 heterocycles. The highest BCUT2D eigenvalue weighted by Crippen LogP contribution is 2.23. The van der Waals surface area contributed by atoms with Crippen LogP contribution in [0.25, 0.3) is 0 Å². The predicted octanol–water partition coefficient (Wildman–Crippen LogP) is 1.91. The highest BCUT2D eigenvalue weighted by molar-refractivity contribution is 7.89. The van der Waals surface area contributed by atoms with Crippen LogP contribution in [0.3, 0.4) is 0 Å². The Balaban J connectivity index is 1.49. The van der Waals surface area contributed by atoms with Crippen molar-refractivity contribution >= 4 is 27.6 Å². The monoisotopic (exact) mass is 416 g/mol. The van der Waals surface area contributed by atoms with E-state index in [1.54, 1.807) is 12.1 Å². The molecule has 0 spiro atoms. The molecule has 3 amide bonds. The third kappa shape index (κ3) is 5.78. The standard InChI is InChI=1S/C20H24N4O4S/c25-19(15-22-20(26)21-14-16-7-2-1-3-8-16)23-17-9-6-10-18(13-17)29(27,28)24-11-4-5-12-24/h1-3,6-10,13H,4-5,11-12,14-15H2,(H,23,25)(H2,21,22,26). The molecule has 1 aliphatic rings. The molecule has 9 heteroatoms. The van der Waals surface area contributed by atoms with Gasteiger partial charge >= 0.3 is 6.03 Å². The lowest BCUT2D eigenvalue weighted by Crippen LogP contribution is -2.39. The van der Waals surface area contributed by atoms with Crippen LogP contribution in [0.4, 0.5) is 10.5 Å². The van der Waals surface area contributed by atoms with Crippen molar-refractivity contribution in [3.05, 3.63) is 60.2 Å². The van der Waals surface area contributed by atoms with Gasteiger partial charge in [0, 0.05) is 25.3 Å². The maximum Gasteiger partial charge on any atom is 0.315 e. The zero-order valence-electron chi connectivity index (χ0n) is 15.9. The minimum atomic E-state index is -3.55. The maximum atomic E-state index is 12.6. The Labute approximate surface area is 170 Å². The Bertz CT molecular complexity index is 957. The predicted molar refractivity (Wildman–Crippen MR) is 110 cm³/mol. The second-order valence-electron chi connectivity index (χ2n) is 6.71. The first-order valence-corrected chi connectivity index (χ1v) is 10.8. The number of benzene rings is 2. The van der Waals surface area contributed by atoms with E-state index in [9.17, 15) is 18.0 Å². The van der Waals surface area contributed by atoms with Gasteiger partial charge in [-0.3, -0.25) is 4.79 Å². The van der Waals surface area contributed by atoms with Crippen LogP contribution in [0, 0.1) is 0 Å². The number of hydrogen-bond acceptors (Lipinski definition) is 4. The molecule has 2 aromatic rings. The van der Waals surface area contributed by atoms with Crippen molar-refractivity contribution in [2.45, 2.75) is 24.3 Å². The SMILES string of the molecule is O=C(CNC(=O)NCc1ccccc1)Nc1cccc(S(=O)(=O)N2CCCC2)c1. The van der Waals surface area contributed by atoms with Crippen molar-refractivity contribution < 1.29 is 18.0 Å². The number of urea groups is 1. The summed E-state index contributed by atoms with van der Waals surface area (Å²) in [6.07, 6.45) is 1.71. The summed E-state index contributed by atoms with van der Waals surface area (Å²) in [5.74, 6) is -0.449. The van der Waals surface area contributed by atoms with Gasteiger partial charge in [0.25, 0.3) is 0 Å². The summed E-state index contributed by atoms with van der Waals surface area (Å²) in [5.41, 5.74) is 1.31. The molecule has 0 unspecified atom stereocenters. The zero-order chi connectivity index (χ0) is 20.7. The molecule has 0 atom stereocenters. The fourth-order valence-corrected chi connectivity index (χ4v) is 4.58. The van der Waals surface area contributed by atoms with Gasteiger partial charge in [0.2, 0.25) is 15.9 Å². The third-order valence-electron chi connectivity index (χ3n) is 4.53. The summed E-state index contributed by atoms with van der Waals surface area (Å²) in [7, 11) is -3.55. The van der Waals surface area contributed by atoms with Gasteiger partial charge in [-0.1, -0.05) is 36.4 Å². The van der Waals surface area contributed by atoms with Gasteiger partial charge in [-0.15, -0.1) is 0 Å². The topological polar surface area (TPSA) is 108 Å². The molecule has 0 saturated carbocycles. The van der Waals surface area contributed by atoms with Crippen LogP contribution in [0.5, 0.6) is 0 Å². The maximum absolute atomic E-state index is 12.6. The largest absolute Gasteiger partial charge is 0.334 e. The summed E-state index contributed by atoms with van der Waals surface area (Å²) < 4.78 is 26.7. The first kappa shape index (κ1) is 20.8. The van der Waals surface area contributed by atoms with Crippen LogP contribution in [0.2, 0.25) is 0 Å². The zero-order valence-corrected chi connectivity index (χ0v) is 16.7. The number of amides is 3. The third-order valence-corrected chi connectivity index (χ3v) is 6.42. The lowest BCUT2D eigenvalue weighted by Gasteiger charge is -2.16. The van der Waals surface area contributed by atoms with E-state index in [0.29, 0.717) is 25.3 Å². The molecule has 0 aromatic heterocycles. The van der Waals surface area contributed by atoms with E-state index in [1.807, 2.05) is 30.3 Å². The lowest BCUT2D eigenvalue weighted by molar-refractivity contribution is -0.115. The van der Waals surface area contributed by atoms with Crippen LogP contribution in [0.1, 0.15) is 18.4 Å². The first-order chi connectivity index (χ1) is 13.9. The summed E-state index contributed by atoms with van der Waals surface area (Å²) in [6.45, 7) is 1.15. The number of nitrogens with one attached hydrogen (secondary N) is 3. The van der Waals surface area contributed by atoms with Crippen LogP contribution < -0.4 is 16.0 Å². The van der Waals surface area contributed by atoms with E-state index in [0.717, 1.165) is 18.4 Å².